The zero-order chi connectivity index (χ0) is 14.8. The van der Waals surface area contributed by atoms with Crippen LogP contribution in [0.5, 0.6) is 0 Å². The summed E-state index contributed by atoms with van der Waals surface area (Å²) in [7, 11) is -3.55. The molecule has 0 saturated carbocycles. The molecule has 2 heterocycles. The third kappa shape index (κ3) is 3.07. The van der Waals surface area contributed by atoms with E-state index in [4.69, 9.17) is 0 Å². The van der Waals surface area contributed by atoms with E-state index in [-0.39, 0.29) is 11.4 Å². The molecule has 0 aromatic carbocycles. The first-order valence-corrected chi connectivity index (χ1v) is 7.99. The van der Waals surface area contributed by atoms with Gasteiger partial charge >= 0.3 is 0 Å². The smallest absolute Gasteiger partial charge is 0.244 e. The minimum atomic E-state index is -3.55. The highest BCUT2D eigenvalue weighted by Crippen LogP contribution is 2.13. The van der Waals surface area contributed by atoms with E-state index in [0.717, 1.165) is 12.1 Å². The predicted molar refractivity (Wildman–Crippen MR) is 74.6 cm³/mol. The van der Waals surface area contributed by atoms with Crippen LogP contribution < -0.4 is 4.72 Å². The lowest BCUT2D eigenvalue weighted by molar-refractivity contribution is 0.580. The summed E-state index contributed by atoms with van der Waals surface area (Å²) in [5.74, 6) is 0. The Balaban J connectivity index is 2.12. The van der Waals surface area contributed by atoms with Gasteiger partial charge in [-0.1, -0.05) is 0 Å². The molecule has 0 radical (unpaired) electrons. The van der Waals surface area contributed by atoms with E-state index in [0.29, 0.717) is 12.2 Å². The zero-order valence-electron chi connectivity index (χ0n) is 11.9. The molecule has 7 nitrogen and oxygen atoms in total. The first-order valence-electron chi connectivity index (χ1n) is 6.51. The van der Waals surface area contributed by atoms with Crippen molar-refractivity contribution >= 4 is 10.0 Å². The van der Waals surface area contributed by atoms with E-state index >= 15 is 0 Å². The van der Waals surface area contributed by atoms with Crippen molar-refractivity contribution in [3.05, 3.63) is 29.8 Å². The quantitative estimate of drug-likeness (QED) is 0.859. The maximum absolute atomic E-state index is 12.2. The van der Waals surface area contributed by atoms with Crippen LogP contribution in [0.4, 0.5) is 0 Å². The summed E-state index contributed by atoms with van der Waals surface area (Å²) >= 11 is 0. The van der Waals surface area contributed by atoms with E-state index in [1.165, 1.54) is 0 Å². The SMILES string of the molecule is CCn1cc(CNS(=O)(=O)c2cn(CC)nc2C)cn1. The van der Waals surface area contributed by atoms with Crippen molar-refractivity contribution in [2.24, 2.45) is 0 Å². The molecule has 2 aromatic rings. The Morgan fingerprint density at radius 3 is 2.45 bits per heavy atom. The fraction of sp³-hybridized carbons (Fsp3) is 0.500. The molecule has 0 aliphatic heterocycles. The van der Waals surface area contributed by atoms with Gasteiger partial charge in [-0.3, -0.25) is 9.36 Å². The van der Waals surface area contributed by atoms with Gasteiger partial charge in [0.1, 0.15) is 4.90 Å². The van der Waals surface area contributed by atoms with Crippen LogP contribution >= 0.6 is 0 Å². The van der Waals surface area contributed by atoms with Gasteiger partial charge in [-0.2, -0.15) is 10.2 Å². The van der Waals surface area contributed by atoms with Crippen molar-refractivity contribution < 1.29 is 8.42 Å². The summed E-state index contributed by atoms with van der Waals surface area (Å²) in [4.78, 5) is 0.224. The molecule has 1 N–H and O–H groups in total. The molecule has 0 bridgehead atoms. The highest BCUT2D eigenvalue weighted by Gasteiger charge is 2.19. The van der Waals surface area contributed by atoms with Crippen molar-refractivity contribution in [1.29, 1.82) is 0 Å². The van der Waals surface area contributed by atoms with Crippen LogP contribution in [-0.4, -0.2) is 28.0 Å². The summed E-state index contributed by atoms with van der Waals surface area (Å²) in [6.07, 6.45) is 5.03. The molecule has 0 aliphatic rings. The highest BCUT2D eigenvalue weighted by atomic mass is 32.2. The van der Waals surface area contributed by atoms with Gasteiger partial charge in [-0.05, 0) is 20.8 Å². The maximum Gasteiger partial charge on any atom is 0.244 e. The van der Waals surface area contributed by atoms with Crippen LogP contribution in [0.25, 0.3) is 0 Å². The Hall–Kier alpha value is -1.67. The van der Waals surface area contributed by atoms with Crippen LogP contribution in [0.2, 0.25) is 0 Å². The van der Waals surface area contributed by atoms with Gasteiger partial charge < -0.3 is 0 Å². The standard InChI is InChI=1S/C12H19N5O2S/c1-4-16-8-11(6-13-16)7-14-20(18,19)12-9-17(5-2)15-10(12)3/h6,8-9,14H,4-5,7H2,1-3H3. The Kier molecular flexibility index (Phi) is 4.24. The van der Waals surface area contributed by atoms with Gasteiger partial charge in [-0.25, -0.2) is 13.1 Å². The van der Waals surface area contributed by atoms with Gasteiger partial charge in [0.05, 0.1) is 11.9 Å². The number of aromatic nitrogens is 4. The lowest BCUT2D eigenvalue weighted by Crippen LogP contribution is -2.23. The van der Waals surface area contributed by atoms with Crippen molar-refractivity contribution in [1.82, 2.24) is 24.3 Å². The van der Waals surface area contributed by atoms with Crippen LogP contribution in [0.3, 0.4) is 0 Å². The summed E-state index contributed by atoms with van der Waals surface area (Å²) in [6, 6.07) is 0. The second kappa shape index (κ2) is 5.76. The Morgan fingerprint density at radius 1 is 1.20 bits per heavy atom. The van der Waals surface area contributed by atoms with Crippen molar-refractivity contribution in [2.75, 3.05) is 0 Å². The van der Waals surface area contributed by atoms with E-state index in [1.807, 2.05) is 20.0 Å². The molecular formula is C12H19N5O2S. The van der Waals surface area contributed by atoms with Gasteiger partial charge in [0.15, 0.2) is 0 Å². The molecule has 110 valence electrons. The predicted octanol–water partition coefficient (Wildman–Crippen LogP) is 0.906. The van der Waals surface area contributed by atoms with Crippen LogP contribution in [0.15, 0.2) is 23.5 Å². The third-order valence-electron chi connectivity index (χ3n) is 2.99. The Morgan fingerprint density at radius 2 is 1.90 bits per heavy atom. The number of aryl methyl sites for hydroxylation is 3. The first-order chi connectivity index (χ1) is 9.46. The fourth-order valence-electron chi connectivity index (χ4n) is 1.85. The summed E-state index contributed by atoms with van der Waals surface area (Å²) < 4.78 is 30.4. The average Bonchev–Trinajstić information content (AvgIpc) is 3.02. The van der Waals surface area contributed by atoms with Gasteiger partial charge in [0.25, 0.3) is 0 Å². The second-order valence-corrected chi connectivity index (χ2v) is 6.20. The molecule has 0 saturated heterocycles. The van der Waals surface area contributed by atoms with E-state index in [2.05, 4.69) is 14.9 Å². The van der Waals surface area contributed by atoms with Crippen molar-refractivity contribution in [3.63, 3.8) is 0 Å². The lowest BCUT2D eigenvalue weighted by atomic mass is 10.4. The molecule has 20 heavy (non-hydrogen) atoms. The molecule has 2 rings (SSSR count). The van der Waals surface area contributed by atoms with Gasteiger partial charge in [-0.15, -0.1) is 0 Å². The summed E-state index contributed by atoms with van der Waals surface area (Å²) in [5.41, 5.74) is 1.33. The number of hydrogen-bond acceptors (Lipinski definition) is 4. The largest absolute Gasteiger partial charge is 0.273 e. The Bertz CT molecular complexity index is 687. The van der Waals surface area contributed by atoms with Gasteiger partial charge in [0.2, 0.25) is 10.0 Å². The lowest BCUT2D eigenvalue weighted by Gasteiger charge is -2.03. The minimum Gasteiger partial charge on any atom is -0.273 e. The molecule has 0 spiro atoms. The molecule has 8 heteroatoms. The highest BCUT2D eigenvalue weighted by molar-refractivity contribution is 7.89. The zero-order valence-corrected chi connectivity index (χ0v) is 12.7. The molecule has 0 unspecified atom stereocenters. The average molecular weight is 297 g/mol. The molecule has 0 amide bonds. The van der Waals surface area contributed by atoms with Crippen LogP contribution in [-0.2, 0) is 29.7 Å². The number of rotatable bonds is 6. The second-order valence-electron chi connectivity index (χ2n) is 4.46. The van der Waals surface area contributed by atoms with E-state index < -0.39 is 10.0 Å². The Labute approximate surface area is 118 Å². The first kappa shape index (κ1) is 14.7. The van der Waals surface area contributed by atoms with Crippen LogP contribution in [0, 0.1) is 6.92 Å². The normalized spacial score (nSPS) is 11.9. The summed E-state index contributed by atoms with van der Waals surface area (Å²) in [5, 5.41) is 8.26. The third-order valence-corrected chi connectivity index (χ3v) is 4.50. The number of hydrogen-bond donors (Lipinski definition) is 1. The molecular weight excluding hydrogens is 278 g/mol. The van der Waals surface area contributed by atoms with Crippen molar-refractivity contribution in [3.8, 4) is 0 Å². The molecule has 0 fully saturated rings. The minimum absolute atomic E-state index is 0.221. The number of nitrogens with one attached hydrogen (secondary N) is 1. The fourth-order valence-corrected chi connectivity index (χ4v) is 3.05. The van der Waals surface area contributed by atoms with E-state index in [1.54, 1.807) is 28.7 Å². The van der Waals surface area contributed by atoms with Crippen molar-refractivity contribution in [2.45, 2.75) is 45.3 Å². The molecule has 2 aromatic heterocycles. The molecule has 0 aliphatic carbocycles. The summed E-state index contributed by atoms with van der Waals surface area (Å²) in [6.45, 7) is 7.20. The van der Waals surface area contributed by atoms with E-state index in [9.17, 15) is 8.42 Å². The topological polar surface area (TPSA) is 81.8 Å². The maximum atomic E-state index is 12.2. The van der Waals surface area contributed by atoms with Gasteiger partial charge in [0, 0.05) is 37.6 Å². The number of sulfonamides is 1. The number of nitrogens with zero attached hydrogens (tertiary/aromatic N) is 4. The van der Waals surface area contributed by atoms with Crippen LogP contribution in [0.1, 0.15) is 25.1 Å². The monoisotopic (exact) mass is 297 g/mol. The molecule has 0 atom stereocenters.